The molecule has 0 saturated carbocycles. The number of nitrogens with one attached hydrogen (secondary N) is 1. The summed E-state index contributed by atoms with van der Waals surface area (Å²) in [5.41, 5.74) is 1.94. The third-order valence-electron chi connectivity index (χ3n) is 4.65. The smallest absolute Gasteiger partial charge is 0.270 e. The number of nitro groups is 1. The average Bonchev–Trinajstić information content (AvgIpc) is 3.26. The highest BCUT2D eigenvalue weighted by molar-refractivity contribution is 7.14. The van der Waals surface area contributed by atoms with Crippen LogP contribution < -0.4 is 14.8 Å². The molecule has 0 spiro atoms. The lowest BCUT2D eigenvalue weighted by atomic mass is 10.1. The predicted octanol–water partition coefficient (Wildman–Crippen LogP) is 5.80. The number of amides is 1. The second kappa shape index (κ2) is 11.2. The SMILES string of the molecule is COc1cc(/C=C/C(=O)Nc2nc(-c3cccc([N+](=O)[O-])c3)cs2)ccc1OCCC(C)C. The van der Waals surface area contributed by atoms with Crippen LogP contribution in [0.4, 0.5) is 10.8 Å². The molecule has 0 bridgehead atoms. The van der Waals surface area contributed by atoms with Crippen molar-refractivity contribution in [1.29, 1.82) is 0 Å². The van der Waals surface area contributed by atoms with Crippen LogP contribution in [-0.2, 0) is 4.79 Å². The van der Waals surface area contributed by atoms with Gasteiger partial charge in [0.05, 0.1) is 24.3 Å². The van der Waals surface area contributed by atoms with Crippen molar-refractivity contribution in [2.24, 2.45) is 5.92 Å². The molecule has 1 aromatic heterocycles. The van der Waals surface area contributed by atoms with Gasteiger partial charge >= 0.3 is 0 Å². The Bertz CT molecular complexity index is 1160. The monoisotopic (exact) mass is 467 g/mol. The van der Waals surface area contributed by atoms with Gasteiger partial charge in [-0.1, -0.05) is 32.0 Å². The van der Waals surface area contributed by atoms with Gasteiger partial charge in [0.25, 0.3) is 5.69 Å². The molecule has 0 aliphatic carbocycles. The fourth-order valence-electron chi connectivity index (χ4n) is 2.87. The molecule has 3 aromatic rings. The number of rotatable bonds is 10. The number of nitro benzene ring substituents is 1. The number of methoxy groups -OCH3 is 1. The molecule has 8 nitrogen and oxygen atoms in total. The van der Waals surface area contributed by atoms with Crippen LogP contribution in [-0.4, -0.2) is 29.5 Å². The Morgan fingerprint density at radius 3 is 2.79 bits per heavy atom. The van der Waals surface area contributed by atoms with Gasteiger partial charge in [0.1, 0.15) is 0 Å². The molecule has 0 aliphatic rings. The predicted molar refractivity (Wildman–Crippen MR) is 130 cm³/mol. The van der Waals surface area contributed by atoms with Gasteiger partial charge in [0.15, 0.2) is 16.6 Å². The van der Waals surface area contributed by atoms with Crippen LogP contribution in [0, 0.1) is 16.0 Å². The van der Waals surface area contributed by atoms with E-state index in [9.17, 15) is 14.9 Å². The number of aromatic nitrogens is 1. The van der Waals surface area contributed by atoms with E-state index in [1.807, 2.05) is 12.1 Å². The van der Waals surface area contributed by atoms with Gasteiger partial charge < -0.3 is 9.47 Å². The number of hydrogen-bond donors (Lipinski definition) is 1. The van der Waals surface area contributed by atoms with Crippen molar-refractivity contribution in [1.82, 2.24) is 4.98 Å². The van der Waals surface area contributed by atoms with Gasteiger partial charge in [-0.3, -0.25) is 20.2 Å². The van der Waals surface area contributed by atoms with Gasteiger partial charge in [0.2, 0.25) is 5.91 Å². The van der Waals surface area contributed by atoms with Crippen molar-refractivity contribution in [3.8, 4) is 22.8 Å². The maximum atomic E-state index is 12.3. The molecule has 2 aromatic carbocycles. The van der Waals surface area contributed by atoms with Crippen molar-refractivity contribution in [3.05, 3.63) is 69.6 Å². The number of carbonyl (C=O) groups excluding carboxylic acids is 1. The molecule has 1 heterocycles. The molecular formula is C24H25N3O5S. The summed E-state index contributed by atoms with van der Waals surface area (Å²) in [7, 11) is 1.58. The second-order valence-corrected chi connectivity index (χ2v) is 8.47. The van der Waals surface area contributed by atoms with Crippen molar-refractivity contribution in [2.45, 2.75) is 20.3 Å². The first-order valence-electron chi connectivity index (χ1n) is 10.4. The van der Waals surface area contributed by atoms with Crippen LogP contribution in [0.25, 0.3) is 17.3 Å². The largest absolute Gasteiger partial charge is 0.493 e. The summed E-state index contributed by atoms with van der Waals surface area (Å²) >= 11 is 1.24. The Morgan fingerprint density at radius 2 is 2.06 bits per heavy atom. The zero-order chi connectivity index (χ0) is 23.8. The number of non-ortho nitro benzene ring substituents is 1. The van der Waals surface area contributed by atoms with Crippen molar-refractivity contribution >= 4 is 34.1 Å². The highest BCUT2D eigenvalue weighted by Crippen LogP contribution is 2.29. The molecule has 3 rings (SSSR count). The number of anilines is 1. The number of thiazole rings is 1. The van der Waals surface area contributed by atoms with Gasteiger partial charge in [0, 0.05) is 29.2 Å². The van der Waals surface area contributed by atoms with Crippen LogP contribution >= 0.6 is 11.3 Å². The lowest BCUT2D eigenvalue weighted by molar-refractivity contribution is -0.384. The Labute approximate surface area is 196 Å². The van der Waals surface area contributed by atoms with E-state index in [2.05, 4.69) is 24.1 Å². The lowest BCUT2D eigenvalue weighted by Gasteiger charge is -2.12. The van der Waals surface area contributed by atoms with Crippen molar-refractivity contribution in [3.63, 3.8) is 0 Å². The molecular weight excluding hydrogens is 442 g/mol. The number of ether oxygens (including phenoxy) is 2. The highest BCUT2D eigenvalue weighted by Gasteiger charge is 2.11. The first kappa shape index (κ1) is 23.9. The molecule has 172 valence electrons. The van der Waals surface area contributed by atoms with E-state index in [1.54, 1.807) is 36.8 Å². The number of benzene rings is 2. The second-order valence-electron chi connectivity index (χ2n) is 7.61. The standard InChI is InChI=1S/C24H25N3O5S/c1-16(2)11-12-32-21-9-7-17(13-22(21)31-3)8-10-23(28)26-24-25-20(15-33-24)18-5-4-6-19(14-18)27(29)30/h4-10,13-16H,11-12H2,1-3H3,(H,25,26,28)/b10-8+. The molecule has 33 heavy (non-hydrogen) atoms. The minimum absolute atomic E-state index is 0.0132. The van der Waals surface area contributed by atoms with E-state index in [1.165, 1.54) is 29.5 Å². The van der Waals surface area contributed by atoms with Crippen LogP contribution in [0.1, 0.15) is 25.8 Å². The van der Waals surface area contributed by atoms with Crippen LogP contribution in [0.2, 0.25) is 0 Å². The van der Waals surface area contributed by atoms with Crippen LogP contribution in [0.15, 0.2) is 53.9 Å². The molecule has 0 fully saturated rings. The van der Waals surface area contributed by atoms with Gasteiger partial charge in [-0.2, -0.15) is 0 Å². The van der Waals surface area contributed by atoms with Crippen molar-refractivity contribution in [2.75, 3.05) is 19.0 Å². The molecule has 0 atom stereocenters. The molecule has 0 unspecified atom stereocenters. The zero-order valence-corrected chi connectivity index (χ0v) is 19.4. The Kier molecular flexibility index (Phi) is 8.15. The maximum absolute atomic E-state index is 12.3. The molecule has 0 aliphatic heterocycles. The molecule has 0 saturated heterocycles. The molecule has 1 N–H and O–H groups in total. The Morgan fingerprint density at radius 1 is 1.24 bits per heavy atom. The average molecular weight is 468 g/mol. The minimum Gasteiger partial charge on any atom is -0.493 e. The lowest BCUT2D eigenvalue weighted by Crippen LogP contribution is -2.07. The quantitative estimate of drug-likeness (QED) is 0.229. The summed E-state index contributed by atoms with van der Waals surface area (Å²) in [6.45, 7) is 4.89. The summed E-state index contributed by atoms with van der Waals surface area (Å²) in [6.07, 6.45) is 4.03. The topological polar surface area (TPSA) is 104 Å². The van der Waals surface area contributed by atoms with E-state index in [-0.39, 0.29) is 11.6 Å². The van der Waals surface area contributed by atoms with E-state index < -0.39 is 4.92 Å². The van der Waals surface area contributed by atoms with E-state index in [0.717, 1.165) is 12.0 Å². The van der Waals surface area contributed by atoms with E-state index in [4.69, 9.17) is 9.47 Å². The third kappa shape index (κ3) is 6.88. The van der Waals surface area contributed by atoms with Crippen LogP contribution in [0.3, 0.4) is 0 Å². The normalized spacial score (nSPS) is 11.0. The Hall–Kier alpha value is -3.72. The van der Waals surface area contributed by atoms with Gasteiger partial charge in [-0.05, 0) is 36.1 Å². The first-order valence-corrected chi connectivity index (χ1v) is 11.2. The summed E-state index contributed by atoms with van der Waals surface area (Å²) < 4.78 is 11.2. The van der Waals surface area contributed by atoms with Crippen LogP contribution in [0.5, 0.6) is 11.5 Å². The molecule has 9 heteroatoms. The fraction of sp³-hybridized carbons (Fsp3) is 0.250. The third-order valence-corrected chi connectivity index (χ3v) is 5.41. The summed E-state index contributed by atoms with van der Waals surface area (Å²) in [5, 5.41) is 15.8. The summed E-state index contributed by atoms with van der Waals surface area (Å²) in [5.74, 6) is 1.47. The maximum Gasteiger partial charge on any atom is 0.270 e. The van der Waals surface area contributed by atoms with E-state index >= 15 is 0 Å². The number of carbonyl (C=O) groups is 1. The van der Waals surface area contributed by atoms with Gasteiger partial charge in [-0.15, -0.1) is 11.3 Å². The number of nitrogens with zero attached hydrogens (tertiary/aromatic N) is 2. The van der Waals surface area contributed by atoms with Crippen molar-refractivity contribution < 1.29 is 19.2 Å². The minimum atomic E-state index is -0.456. The van der Waals surface area contributed by atoms with E-state index in [0.29, 0.717) is 40.4 Å². The molecule has 1 amide bonds. The zero-order valence-electron chi connectivity index (χ0n) is 18.6. The number of hydrogen-bond acceptors (Lipinski definition) is 7. The summed E-state index contributed by atoms with van der Waals surface area (Å²) in [4.78, 5) is 27.2. The highest BCUT2D eigenvalue weighted by atomic mass is 32.1. The molecule has 0 radical (unpaired) electrons. The first-order chi connectivity index (χ1) is 15.9. The summed E-state index contributed by atoms with van der Waals surface area (Å²) in [6, 6.07) is 11.7. The van der Waals surface area contributed by atoms with Gasteiger partial charge in [-0.25, -0.2) is 4.98 Å². The Balaban J connectivity index is 1.62. The fourth-order valence-corrected chi connectivity index (χ4v) is 3.60.